The van der Waals surface area contributed by atoms with Crippen LogP contribution in [0.2, 0.25) is 5.02 Å². The van der Waals surface area contributed by atoms with Crippen molar-refractivity contribution in [3.05, 3.63) is 94.5 Å². The van der Waals surface area contributed by atoms with Gasteiger partial charge in [0.15, 0.2) is 11.5 Å². The summed E-state index contributed by atoms with van der Waals surface area (Å²) in [6, 6.07) is 24.8. The molecule has 0 aliphatic rings. The van der Waals surface area contributed by atoms with E-state index in [1.54, 1.807) is 7.11 Å². The lowest BCUT2D eigenvalue weighted by Crippen LogP contribution is -2.26. The highest BCUT2D eigenvalue weighted by atomic mass is 35.5. The van der Waals surface area contributed by atoms with Crippen LogP contribution in [0, 0.1) is 0 Å². The van der Waals surface area contributed by atoms with Gasteiger partial charge in [-0.3, -0.25) is 0 Å². The number of benzene rings is 3. The first-order valence-electron chi connectivity index (χ1n) is 9.95. The number of nitrogens with one attached hydrogen (secondary N) is 1. The second-order valence-corrected chi connectivity index (χ2v) is 7.64. The maximum Gasteiger partial charge on any atom is 0.161 e. The molecule has 0 radical (unpaired) electrons. The van der Waals surface area contributed by atoms with Gasteiger partial charge in [-0.1, -0.05) is 60.1 Å². The Hall–Kier alpha value is -2.20. The first-order chi connectivity index (χ1) is 14.1. The number of hydrogen-bond donors (Lipinski definition) is 1. The molecular formula is C25H29Cl2NO2. The molecule has 3 nitrogen and oxygen atoms in total. The van der Waals surface area contributed by atoms with Gasteiger partial charge in [-0.2, -0.15) is 0 Å². The van der Waals surface area contributed by atoms with Gasteiger partial charge in [-0.15, -0.1) is 12.4 Å². The monoisotopic (exact) mass is 445 g/mol. The molecule has 0 fully saturated rings. The number of methoxy groups -OCH3 is 1. The summed E-state index contributed by atoms with van der Waals surface area (Å²) in [7, 11) is 1.67. The summed E-state index contributed by atoms with van der Waals surface area (Å²) < 4.78 is 11.5. The number of ether oxygens (including phenoxy) is 2. The van der Waals surface area contributed by atoms with Crippen molar-refractivity contribution in [2.45, 2.75) is 39.0 Å². The number of hydrogen-bond acceptors (Lipinski definition) is 3. The molecule has 0 aliphatic heterocycles. The van der Waals surface area contributed by atoms with Crippen molar-refractivity contribution in [2.75, 3.05) is 7.11 Å². The summed E-state index contributed by atoms with van der Waals surface area (Å²) >= 11 is 5.93. The average Bonchev–Trinajstić information content (AvgIpc) is 2.76. The summed E-state index contributed by atoms with van der Waals surface area (Å²) in [6.45, 7) is 3.50. The number of rotatable bonds is 10. The first-order valence-corrected chi connectivity index (χ1v) is 10.3. The van der Waals surface area contributed by atoms with Crippen molar-refractivity contribution in [2.24, 2.45) is 0 Å². The highest BCUT2D eigenvalue weighted by molar-refractivity contribution is 6.30. The predicted octanol–water partition coefficient (Wildman–Crippen LogP) is 6.46. The quantitative estimate of drug-likeness (QED) is 0.388. The van der Waals surface area contributed by atoms with Gasteiger partial charge < -0.3 is 14.8 Å². The first kappa shape index (κ1) is 24.1. The SMILES string of the molecule is COc1cc(CNC(C)CCc2ccccc2)ccc1OCc1ccc(Cl)cc1.Cl. The molecule has 0 aliphatic carbocycles. The average molecular weight is 446 g/mol. The van der Waals surface area contributed by atoms with E-state index in [-0.39, 0.29) is 12.4 Å². The Bertz CT molecular complexity index is 885. The zero-order valence-electron chi connectivity index (χ0n) is 17.4. The van der Waals surface area contributed by atoms with Crippen LogP contribution in [0.4, 0.5) is 0 Å². The molecular weight excluding hydrogens is 417 g/mol. The fraction of sp³-hybridized carbons (Fsp3) is 0.280. The summed E-state index contributed by atoms with van der Waals surface area (Å²) in [5, 5.41) is 4.32. The van der Waals surface area contributed by atoms with E-state index in [0.717, 1.165) is 41.5 Å². The molecule has 3 aromatic rings. The third-order valence-corrected chi connectivity index (χ3v) is 5.15. The molecule has 0 amide bonds. The lowest BCUT2D eigenvalue weighted by Gasteiger charge is -2.16. The van der Waals surface area contributed by atoms with E-state index in [2.05, 4.69) is 48.6 Å². The van der Waals surface area contributed by atoms with E-state index in [1.807, 2.05) is 36.4 Å². The Morgan fingerprint density at radius 2 is 1.57 bits per heavy atom. The molecule has 160 valence electrons. The van der Waals surface area contributed by atoms with Crippen LogP contribution in [-0.2, 0) is 19.6 Å². The predicted molar refractivity (Wildman–Crippen MR) is 127 cm³/mol. The Morgan fingerprint density at radius 1 is 0.867 bits per heavy atom. The van der Waals surface area contributed by atoms with Crippen molar-refractivity contribution in [1.29, 1.82) is 0 Å². The van der Waals surface area contributed by atoms with Crippen LogP contribution in [0.3, 0.4) is 0 Å². The summed E-state index contributed by atoms with van der Waals surface area (Å²) in [6.07, 6.45) is 2.18. The number of aryl methyl sites for hydroxylation is 1. The zero-order chi connectivity index (χ0) is 20.5. The van der Waals surface area contributed by atoms with Crippen LogP contribution in [-0.4, -0.2) is 13.2 Å². The summed E-state index contributed by atoms with van der Waals surface area (Å²) in [4.78, 5) is 0. The van der Waals surface area contributed by atoms with Crippen molar-refractivity contribution < 1.29 is 9.47 Å². The lowest BCUT2D eigenvalue weighted by atomic mass is 10.1. The van der Waals surface area contributed by atoms with Crippen LogP contribution in [0.1, 0.15) is 30.0 Å². The molecule has 3 rings (SSSR count). The third kappa shape index (κ3) is 7.56. The molecule has 0 bridgehead atoms. The minimum Gasteiger partial charge on any atom is -0.493 e. The van der Waals surface area contributed by atoms with Crippen LogP contribution in [0.5, 0.6) is 11.5 Å². The minimum atomic E-state index is 0. The van der Waals surface area contributed by atoms with Gasteiger partial charge in [-0.05, 0) is 60.7 Å². The Kier molecular flexibility index (Phi) is 10.0. The van der Waals surface area contributed by atoms with Crippen molar-refractivity contribution in [3.63, 3.8) is 0 Å². The smallest absolute Gasteiger partial charge is 0.161 e. The van der Waals surface area contributed by atoms with Gasteiger partial charge in [0.1, 0.15) is 6.61 Å². The van der Waals surface area contributed by atoms with Gasteiger partial charge in [0.2, 0.25) is 0 Å². The molecule has 1 N–H and O–H groups in total. The fourth-order valence-corrected chi connectivity index (χ4v) is 3.23. The molecule has 1 unspecified atom stereocenters. The Labute approximate surface area is 190 Å². The lowest BCUT2D eigenvalue weighted by molar-refractivity contribution is 0.284. The van der Waals surface area contributed by atoms with Gasteiger partial charge in [-0.25, -0.2) is 0 Å². The Balaban J connectivity index is 0.00000320. The molecule has 3 aromatic carbocycles. The highest BCUT2D eigenvalue weighted by Crippen LogP contribution is 2.29. The highest BCUT2D eigenvalue weighted by Gasteiger charge is 2.08. The second-order valence-electron chi connectivity index (χ2n) is 7.21. The third-order valence-electron chi connectivity index (χ3n) is 4.90. The molecule has 0 spiro atoms. The molecule has 0 saturated carbocycles. The molecule has 0 heterocycles. The second kappa shape index (κ2) is 12.5. The summed E-state index contributed by atoms with van der Waals surface area (Å²) in [5.41, 5.74) is 3.62. The molecule has 0 aromatic heterocycles. The van der Waals surface area contributed by atoms with E-state index in [4.69, 9.17) is 21.1 Å². The topological polar surface area (TPSA) is 30.5 Å². The fourth-order valence-electron chi connectivity index (χ4n) is 3.10. The van der Waals surface area contributed by atoms with E-state index in [0.29, 0.717) is 12.6 Å². The van der Waals surface area contributed by atoms with Crippen LogP contribution in [0.25, 0.3) is 0 Å². The maximum absolute atomic E-state index is 5.93. The van der Waals surface area contributed by atoms with Crippen molar-refractivity contribution in [3.8, 4) is 11.5 Å². The van der Waals surface area contributed by atoms with Gasteiger partial charge >= 0.3 is 0 Å². The van der Waals surface area contributed by atoms with Gasteiger partial charge in [0, 0.05) is 17.6 Å². The minimum absolute atomic E-state index is 0. The number of halogens is 2. The van der Waals surface area contributed by atoms with Crippen molar-refractivity contribution in [1.82, 2.24) is 5.32 Å². The maximum atomic E-state index is 5.93. The van der Waals surface area contributed by atoms with Crippen molar-refractivity contribution >= 4 is 24.0 Å². The molecule has 1 atom stereocenters. The van der Waals surface area contributed by atoms with E-state index in [1.165, 1.54) is 11.1 Å². The molecule has 0 saturated heterocycles. The van der Waals surface area contributed by atoms with Crippen LogP contribution >= 0.6 is 24.0 Å². The molecule has 30 heavy (non-hydrogen) atoms. The van der Waals surface area contributed by atoms with E-state index < -0.39 is 0 Å². The largest absolute Gasteiger partial charge is 0.493 e. The van der Waals surface area contributed by atoms with E-state index in [9.17, 15) is 0 Å². The standard InChI is InChI=1S/C25H28ClNO2.ClH/c1-19(8-9-20-6-4-3-5-7-20)27-17-22-12-15-24(25(16-22)28-2)29-18-21-10-13-23(26)14-11-21;/h3-7,10-16,19,27H,8-9,17-18H2,1-2H3;1H. The molecule has 5 heteroatoms. The summed E-state index contributed by atoms with van der Waals surface area (Å²) in [5.74, 6) is 1.48. The zero-order valence-corrected chi connectivity index (χ0v) is 19.0. The van der Waals surface area contributed by atoms with Crippen LogP contribution < -0.4 is 14.8 Å². The van der Waals surface area contributed by atoms with Gasteiger partial charge in [0.05, 0.1) is 7.11 Å². The Morgan fingerprint density at radius 3 is 2.27 bits per heavy atom. The normalized spacial score (nSPS) is 11.4. The van der Waals surface area contributed by atoms with E-state index >= 15 is 0 Å². The van der Waals surface area contributed by atoms with Gasteiger partial charge in [0.25, 0.3) is 0 Å². The van der Waals surface area contributed by atoms with Crippen LogP contribution in [0.15, 0.2) is 72.8 Å².